The number of nitrogens with zero attached hydrogens (tertiary/aromatic N) is 2. The molecule has 1 N–H and O–H groups in total. The minimum absolute atomic E-state index is 0.199. The van der Waals surface area contributed by atoms with Gasteiger partial charge < -0.3 is 9.52 Å². The molecule has 2 atom stereocenters. The summed E-state index contributed by atoms with van der Waals surface area (Å²) in [5, 5.41) is 10.2. The molecule has 3 rings (SSSR count). The fourth-order valence-electron chi connectivity index (χ4n) is 3.23. The largest absolute Gasteiger partial charge is 0.472 e. The van der Waals surface area contributed by atoms with Crippen molar-refractivity contribution in [2.75, 3.05) is 26.2 Å². The van der Waals surface area contributed by atoms with Crippen molar-refractivity contribution >= 4 is 0 Å². The van der Waals surface area contributed by atoms with Crippen LogP contribution in [0.1, 0.15) is 24.8 Å². The molecule has 2 aliphatic heterocycles. The minimum atomic E-state index is -0.199. The maximum atomic E-state index is 10.2. The van der Waals surface area contributed by atoms with Gasteiger partial charge in [0.25, 0.3) is 0 Å². The van der Waals surface area contributed by atoms with Crippen LogP contribution in [0.5, 0.6) is 0 Å². The van der Waals surface area contributed by atoms with Crippen molar-refractivity contribution in [3.8, 4) is 0 Å². The van der Waals surface area contributed by atoms with Gasteiger partial charge >= 0.3 is 0 Å². The number of aliphatic hydroxyl groups excluding tert-OH is 1. The van der Waals surface area contributed by atoms with E-state index in [0.717, 1.165) is 32.7 Å². The molecular weight excluding hydrogens is 228 g/mol. The summed E-state index contributed by atoms with van der Waals surface area (Å²) in [5.41, 5.74) is 1.20. The highest BCUT2D eigenvalue weighted by Gasteiger charge is 2.35. The Labute approximate surface area is 108 Å². The molecule has 3 heterocycles. The zero-order chi connectivity index (χ0) is 12.4. The van der Waals surface area contributed by atoms with Gasteiger partial charge in [0.15, 0.2) is 0 Å². The minimum Gasteiger partial charge on any atom is -0.472 e. The summed E-state index contributed by atoms with van der Waals surface area (Å²) in [7, 11) is 0. The van der Waals surface area contributed by atoms with E-state index < -0.39 is 0 Å². The molecule has 1 aromatic rings. The molecule has 2 saturated heterocycles. The molecule has 0 spiro atoms. The fraction of sp³-hybridized carbons (Fsp3) is 0.714. The average Bonchev–Trinajstić information content (AvgIpc) is 3.01. The van der Waals surface area contributed by atoms with Gasteiger partial charge in [0, 0.05) is 31.2 Å². The van der Waals surface area contributed by atoms with Crippen LogP contribution in [0.15, 0.2) is 23.0 Å². The number of likely N-dealkylation sites (tertiary alicyclic amines) is 2. The summed E-state index contributed by atoms with van der Waals surface area (Å²) in [6.07, 6.45) is 7.22. The highest BCUT2D eigenvalue weighted by Crippen LogP contribution is 2.22. The molecule has 0 aromatic carbocycles. The van der Waals surface area contributed by atoms with Crippen LogP contribution in [0.2, 0.25) is 0 Å². The van der Waals surface area contributed by atoms with E-state index >= 15 is 0 Å². The smallest absolute Gasteiger partial charge is 0.0947 e. The predicted molar refractivity (Wildman–Crippen MR) is 69.2 cm³/mol. The van der Waals surface area contributed by atoms with E-state index in [1.807, 2.05) is 6.07 Å². The van der Waals surface area contributed by atoms with Gasteiger partial charge in [-0.05, 0) is 32.0 Å². The molecule has 18 heavy (non-hydrogen) atoms. The molecular formula is C14H22N2O2. The van der Waals surface area contributed by atoms with Gasteiger partial charge in [-0.2, -0.15) is 0 Å². The summed E-state index contributed by atoms with van der Waals surface area (Å²) < 4.78 is 5.10. The molecule has 100 valence electrons. The first-order chi connectivity index (χ1) is 8.83. The van der Waals surface area contributed by atoms with E-state index in [-0.39, 0.29) is 6.10 Å². The van der Waals surface area contributed by atoms with Crippen molar-refractivity contribution < 1.29 is 9.52 Å². The van der Waals surface area contributed by atoms with E-state index in [4.69, 9.17) is 4.42 Å². The summed E-state index contributed by atoms with van der Waals surface area (Å²) in [6, 6.07) is 2.33. The number of hydrogen-bond donors (Lipinski definition) is 1. The van der Waals surface area contributed by atoms with Crippen LogP contribution >= 0.6 is 0 Å². The zero-order valence-electron chi connectivity index (χ0n) is 10.8. The summed E-state index contributed by atoms with van der Waals surface area (Å²) in [6.45, 7) is 4.96. The molecule has 4 heteroatoms. The first-order valence-corrected chi connectivity index (χ1v) is 6.98. The van der Waals surface area contributed by atoms with Crippen LogP contribution in [0.3, 0.4) is 0 Å². The first-order valence-electron chi connectivity index (χ1n) is 6.98. The molecule has 0 aliphatic carbocycles. The Hall–Kier alpha value is -0.840. The molecule has 4 nitrogen and oxygen atoms in total. The molecule has 0 amide bonds. The number of aliphatic hydroxyl groups is 1. The van der Waals surface area contributed by atoms with E-state index in [9.17, 15) is 5.11 Å². The maximum Gasteiger partial charge on any atom is 0.0947 e. The Morgan fingerprint density at radius 1 is 1.22 bits per heavy atom. The Kier molecular flexibility index (Phi) is 3.68. The third-order valence-electron chi connectivity index (χ3n) is 4.18. The van der Waals surface area contributed by atoms with Gasteiger partial charge in [-0.1, -0.05) is 6.42 Å². The van der Waals surface area contributed by atoms with Crippen LogP contribution in [0.25, 0.3) is 0 Å². The quantitative estimate of drug-likeness (QED) is 0.878. The Morgan fingerprint density at radius 2 is 2.06 bits per heavy atom. The van der Waals surface area contributed by atoms with Gasteiger partial charge in [0.05, 0.1) is 18.6 Å². The third kappa shape index (κ3) is 2.60. The molecule has 0 saturated carbocycles. The van der Waals surface area contributed by atoms with Crippen LogP contribution in [-0.4, -0.2) is 53.2 Å². The summed E-state index contributed by atoms with van der Waals surface area (Å²) >= 11 is 0. The lowest BCUT2D eigenvalue weighted by Gasteiger charge is -2.33. The molecule has 2 aliphatic rings. The van der Waals surface area contributed by atoms with Crippen molar-refractivity contribution in [2.24, 2.45) is 0 Å². The highest BCUT2D eigenvalue weighted by atomic mass is 16.3. The van der Waals surface area contributed by atoms with Gasteiger partial charge in [-0.3, -0.25) is 9.80 Å². The average molecular weight is 250 g/mol. The number of piperidine rings is 1. The second kappa shape index (κ2) is 5.43. The van der Waals surface area contributed by atoms with Gasteiger partial charge in [-0.25, -0.2) is 0 Å². The number of rotatable bonds is 3. The maximum absolute atomic E-state index is 10.2. The Bertz CT molecular complexity index is 360. The number of β-amino-alcohol motifs (C(OH)–C–C–N with tert-alkyl or cyclic N) is 1. The molecule has 0 bridgehead atoms. The van der Waals surface area contributed by atoms with Gasteiger partial charge in [-0.15, -0.1) is 0 Å². The lowest BCUT2D eigenvalue weighted by molar-refractivity contribution is 0.0706. The van der Waals surface area contributed by atoms with Gasteiger partial charge in [0.1, 0.15) is 0 Å². The van der Waals surface area contributed by atoms with Crippen molar-refractivity contribution in [1.82, 2.24) is 9.80 Å². The summed E-state index contributed by atoms with van der Waals surface area (Å²) in [5.74, 6) is 0. The molecule has 2 fully saturated rings. The van der Waals surface area contributed by atoms with Crippen molar-refractivity contribution in [1.29, 1.82) is 0 Å². The van der Waals surface area contributed by atoms with Crippen LogP contribution in [-0.2, 0) is 6.54 Å². The second-order valence-electron chi connectivity index (χ2n) is 5.56. The number of hydrogen-bond acceptors (Lipinski definition) is 4. The fourth-order valence-corrected chi connectivity index (χ4v) is 3.23. The monoisotopic (exact) mass is 250 g/mol. The van der Waals surface area contributed by atoms with E-state index in [1.165, 1.54) is 24.8 Å². The Morgan fingerprint density at radius 3 is 2.78 bits per heavy atom. The highest BCUT2D eigenvalue weighted by molar-refractivity contribution is 5.06. The van der Waals surface area contributed by atoms with Crippen LogP contribution < -0.4 is 0 Å². The van der Waals surface area contributed by atoms with Crippen molar-refractivity contribution in [3.63, 3.8) is 0 Å². The lowest BCUT2D eigenvalue weighted by Crippen LogP contribution is -2.45. The van der Waals surface area contributed by atoms with E-state index in [2.05, 4.69) is 9.80 Å². The van der Waals surface area contributed by atoms with Crippen LogP contribution in [0.4, 0.5) is 0 Å². The zero-order valence-corrected chi connectivity index (χ0v) is 10.8. The Balaban J connectivity index is 1.57. The number of furan rings is 1. The first kappa shape index (κ1) is 12.2. The van der Waals surface area contributed by atoms with E-state index in [1.54, 1.807) is 12.5 Å². The third-order valence-corrected chi connectivity index (χ3v) is 4.18. The molecule has 0 unspecified atom stereocenters. The topological polar surface area (TPSA) is 39.9 Å². The van der Waals surface area contributed by atoms with Crippen LogP contribution in [0, 0.1) is 0 Å². The normalized spacial score (nSPS) is 30.9. The van der Waals surface area contributed by atoms with Crippen molar-refractivity contribution in [3.05, 3.63) is 24.2 Å². The standard InChI is InChI=1S/C14H22N2O2/c17-14-10-15(8-12-4-7-18-11-12)9-13(14)16-5-2-1-3-6-16/h4,7,11,13-14,17H,1-3,5-6,8-10H2/t13-,14-/m0/s1. The van der Waals surface area contributed by atoms with Gasteiger partial charge in [0.2, 0.25) is 0 Å². The van der Waals surface area contributed by atoms with E-state index in [0.29, 0.717) is 6.04 Å². The summed E-state index contributed by atoms with van der Waals surface area (Å²) in [4.78, 5) is 4.80. The SMILES string of the molecule is O[C@H]1CN(Cc2ccoc2)C[C@@H]1N1CCCCC1. The lowest BCUT2D eigenvalue weighted by atomic mass is 10.1. The predicted octanol–water partition coefficient (Wildman–Crippen LogP) is 1.31. The molecule has 1 aromatic heterocycles. The molecule has 0 radical (unpaired) electrons. The van der Waals surface area contributed by atoms with Crippen molar-refractivity contribution in [2.45, 2.75) is 38.0 Å². The second-order valence-corrected chi connectivity index (χ2v) is 5.56.